The molecule has 0 heterocycles. The summed E-state index contributed by atoms with van der Waals surface area (Å²) in [5.41, 5.74) is 1.45. The molecule has 0 bridgehead atoms. The van der Waals surface area contributed by atoms with E-state index in [0.717, 1.165) is 42.1 Å². The summed E-state index contributed by atoms with van der Waals surface area (Å²) in [7, 11) is 0. The maximum atomic E-state index is 12.3. The highest BCUT2D eigenvalue weighted by Crippen LogP contribution is 2.27. The monoisotopic (exact) mass is 353 g/mol. The molecule has 2 rings (SSSR count). The standard InChI is InChI=1S/C16H20BrNO3/c1-10-9-12(7-8-13(10)17)15(19)18-14(16(20)21)11-5-3-2-4-6-11/h7-9,11,14H,2-6H2,1H3,(H,18,19)(H,20,21). The van der Waals surface area contributed by atoms with Gasteiger partial charge in [0.25, 0.3) is 5.91 Å². The van der Waals surface area contributed by atoms with Gasteiger partial charge in [0.1, 0.15) is 6.04 Å². The summed E-state index contributed by atoms with van der Waals surface area (Å²) < 4.78 is 0.932. The van der Waals surface area contributed by atoms with Gasteiger partial charge < -0.3 is 10.4 Å². The quantitative estimate of drug-likeness (QED) is 0.870. The molecule has 1 atom stereocenters. The zero-order chi connectivity index (χ0) is 15.4. The second kappa shape index (κ2) is 7.07. The van der Waals surface area contributed by atoms with Crippen molar-refractivity contribution in [3.63, 3.8) is 0 Å². The third kappa shape index (κ3) is 4.06. The van der Waals surface area contributed by atoms with E-state index in [4.69, 9.17) is 0 Å². The normalized spacial score (nSPS) is 17.2. The summed E-state index contributed by atoms with van der Waals surface area (Å²) in [4.78, 5) is 23.7. The predicted molar refractivity (Wildman–Crippen MR) is 84.3 cm³/mol. The Hall–Kier alpha value is -1.36. The lowest BCUT2D eigenvalue weighted by atomic mass is 9.84. The number of rotatable bonds is 4. The molecule has 4 nitrogen and oxygen atoms in total. The van der Waals surface area contributed by atoms with Gasteiger partial charge in [-0.25, -0.2) is 4.79 Å². The van der Waals surface area contributed by atoms with E-state index in [0.29, 0.717) is 5.56 Å². The van der Waals surface area contributed by atoms with E-state index in [9.17, 15) is 14.7 Å². The highest BCUT2D eigenvalue weighted by atomic mass is 79.9. The Morgan fingerprint density at radius 2 is 1.95 bits per heavy atom. The van der Waals surface area contributed by atoms with E-state index in [1.54, 1.807) is 18.2 Å². The van der Waals surface area contributed by atoms with Gasteiger partial charge in [-0.1, -0.05) is 35.2 Å². The van der Waals surface area contributed by atoms with Gasteiger partial charge in [0.15, 0.2) is 0 Å². The first-order valence-electron chi connectivity index (χ1n) is 7.29. The van der Waals surface area contributed by atoms with Crippen LogP contribution in [0.2, 0.25) is 0 Å². The molecule has 1 aromatic rings. The molecule has 0 aliphatic heterocycles. The number of aryl methyl sites for hydroxylation is 1. The molecule has 2 N–H and O–H groups in total. The van der Waals surface area contributed by atoms with E-state index in [1.165, 1.54) is 0 Å². The van der Waals surface area contributed by atoms with Gasteiger partial charge in [-0.05, 0) is 49.4 Å². The molecule has 1 aromatic carbocycles. The van der Waals surface area contributed by atoms with Crippen molar-refractivity contribution in [1.29, 1.82) is 0 Å². The smallest absolute Gasteiger partial charge is 0.326 e. The SMILES string of the molecule is Cc1cc(C(=O)NC(C(=O)O)C2CCCCC2)ccc1Br. The Morgan fingerprint density at radius 3 is 2.52 bits per heavy atom. The number of benzene rings is 1. The van der Waals surface area contributed by atoms with E-state index in [1.807, 2.05) is 6.92 Å². The molecule has 1 saturated carbocycles. The van der Waals surface area contributed by atoms with Crippen LogP contribution in [0, 0.1) is 12.8 Å². The Kier molecular flexibility index (Phi) is 5.39. The molecule has 0 radical (unpaired) electrons. The second-order valence-corrected chi connectivity index (χ2v) is 6.51. The Balaban J connectivity index is 2.10. The van der Waals surface area contributed by atoms with Gasteiger partial charge in [0.2, 0.25) is 0 Å². The summed E-state index contributed by atoms with van der Waals surface area (Å²) in [6.07, 6.45) is 4.99. The van der Waals surface area contributed by atoms with Crippen LogP contribution in [0.15, 0.2) is 22.7 Å². The molecule has 1 fully saturated rings. The zero-order valence-electron chi connectivity index (χ0n) is 12.1. The van der Waals surface area contributed by atoms with Crippen LogP contribution in [-0.2, 0) is 4.79 Å². The second-order valence-electron chi connectivity index (χ2n) is 5.65. The van der Waals surface area contributed by atoms with Crippen molar-refractivity contribution in [2.24, 2.45) is 5.92 Å². The summed E-state index contributed by atoms with van der Waals surface area (Å²) in [5, 5.41) is 12.1. The Morgan fingerprint density at radius 1 is 1.29 bits per heavy atom. The van der Waals surface area contributed by atoms with Gasteiger partial charge in [-0.3, -0.25) is 4.79 Å². The molecule has 1 aliphatic rings. The van der Waals surface area contributed by atoms with Crippen molar-refractivity contribution in [3.05, 3.63) is 33.8 Å². The van der Waals surface area contributed by atoms with Crippen LogP contribution in [0.3, 0.4) is 0 Å². The van der Waals surface area contributed by atoms with Crippen LogP contribution in [0.1, 0.15) is 48.0 Å². The number of carboxylic acid groups (broad SMARTS) is 1. The van der Waals surface area contributed by atoms with Gasteiger partial charge in [0.05, 0.1) is 0 Å². The number of aliphatic carboxylic acids is 1. The lowest BCUT2D eigenvalue weighted by Crippen LogP contribution is -2.46. The number of hydrogen-bond acceptors (Lipinski definition) is 2. The number of carboxylic acids is 1. The first-order valence-corrected chi connectivity index (χ1v) is 8.08. The van der Waals surface area contributed by atoms with Crippen molar-refractivity contribution in [1.82, 2.24) is 5.32 Å². The average molecular weight is 354 g/mol. The van der Waals surface area contributed by atoms with Crippen LogP contribution in [0.5, 0.6) is 0 Å². The zero-order valence-corrected chi connectivity index (χ0v) is 13.6. The largest absolute Gasteiger partial charge is 0.480 e. The summed E-state index contributed by atoms with van der Waals surface area (Å²) >= 11 is 3.39. The molecule has 21 heavy (non-hydrogen) atoms. The van der Waals surface area contributed by atoms with Crippen molar-refractivity contribution < 1.29 is 14.7 Å². The third-order valence-electron chi connectivity index (χ3n) is 4.09. The minimum absolute atomic E-state index is 0.0387. The minimum atomic E-state index is -0.941. The predicted octanol–water partition coefficient (Wildman–Crippen LogP) is 3.52. The van der Waals surface area contributed by atoms with Gasteiger partial charge in [-0.2, -0.15) is 0 Å². The van der Waals surface area contributed by atoms with E-state index < -0.39 is 12.0 Å². The van der Waals surface area contributed by atoms with Crippen LogP contribution in [0.4, 0.5) is 0 Å². The molecular formula is C16H20BrNO3. The number of carbonyl (C=O) groups excluding carboxylic acids is 1. The van der Waals surface area contributed by atoms with E-state index in [2.05, 4.69) is 21.2 Å². The summed E-state index contributed by atoms with van der Waals surface area (Å²) in [6.45, 7) is 1.90. The van der Waals surface area contributed by atoms with Gasteiger partial charge >= 0.3 is 5.97 Å². The van der Waals surface area contributed by atoms with Crippen molar-refractivity contribution in [3.8, 4) is 0 Å². The molecule has 0 spiro atoms. The van der Waals surface area contributed by atoms with E-state index >= 15 is 0 Å². The highest BCUT2D eigenvalue weighted by molar-refractivity contribution is 9.10. The molecule has 5 heteroatoms. The van der Waals surface area contributed by atoms with Crippen molar-refractivity contribution in [2.45, 2.75) is 45.1 Å². The molecule has 114 valence electrons. The lowest BCUT2D eigenvalue weighted by Gasteiger charge is -2.28. The Labute approximate surface area is 133 Å². The molecule has 0 aromatic heterocycles. The number of nitrogens with one attached hydrogen (secondary N) is 1. The number of carbonyl (C=O) groups is 2. The van der Waals surface area contributed by atoms with Crippen LogP contribution < -0.4 is 5.32 Å². The molecule has 0 saturated heterocycles. The molecular weight excluding hydrogens is 334 g/mol. The highest BCUT2D eigenvalue weighted by Gasteiger charge is 2.30. The molecule has 1 amide bonds. The number of amides is 1. The fourth-order valence-corrected chi connectivity index (χ4v) is 3.11. The van der Waals surface area contributed by atoms with Crippen molar-refractivity contribution >= 4 is 27.8 Å². The van der Waals surface area contributed by atoms with Gasteiger partial charge in [0, 0.05) is 10.0 Å². The van der Waals surface area contributed by atoms with Crippen LogP contribution in [-0.4, -0.2) is 23.0 Å². The lowest BCUT2D eigenvalue weighted by molar-refractivity contribution is -0.141. The number of halogens is 1. The maximum Gasteiger partial charge on any atom is 0.326 e. The van der Waals surface area contributed by atoms with Crippen LogP contribution in [0.25, 0.3) is 0 Å². The van der Waals surface area contributed by atoms with E-state index in [-0.39, 0.29) is 11.8 Å². The Bertz CT molecular complexity index is 538. The van der Waals surface area contributed by atoms with Crippen LogP contribution >= 0.6 is 15.9 Å². The summed E-state index contributed by atoms with van der Waals surface area (Å²) in [6, 6.07) is 4.48. The third-order valence-corrected chi connectivity index (χ3v) is 4.98. The number of hydrogen-bond donors (Lipinski definition) is 2. The first-order chi connectivity index (χ1) is 9.99. The fourth-order valence-electron chi connectivity index (χ4n) is 2.86. The minimum Gasteiger partial charge on any atom is -0.480 e. The fraction of sp³-hybridized carbons (Fsp3) is 0.500. The summed E-state index contributed by atoms with van der Waals surface area (Å²) in [5.74, 6) is -1.22. The average Bonchev–Trinajstić information content (AvgIpc) is 2.48. The maximum absolute atomic E-state index is 12.3. The topological polar surface area (TPSA) is 66.4 Å². The molecule has 1 aliphatic carbocycles. The van der Waals surface area contributed by atoms with Crippen molar-refractivity contribution in [2.75, 3.05) is 0 Å². The van der Waals surface area contributed by atoms with Gasteiger partial charge in [-0.15, -0.1) is 0 Å². The first kappa shape index (κ1) is 16.0. The molecule has 1 unspecified atom stereocenters.